The molecule has 1 aromatic rings. The molecule has 98 valence electrons. The van der Waals surface area contributed by atoms with E-state index >= 15 is 0 Å². The van der Waals surface area contributed by atoms with Gasteiger partial charge in [-0.25, -0.2) is 0 Å². The predicted octanol–water partition coefficient (Wildman–Crippen LogP) is 2.26. The van der Waals surface area contributed by atoms with Gasteiger partial charge in [-0.2, -0.15) is 0 Å². The van der Waals surface area contributed by atoms with Crippen molar-refractivity contribution >= 4 is 17.5 Å². The van der Waals surface area contributed by atoms with Gasteiger partial charge >= 0.3 is 0 Å². The Morgan fingerprint density at radius 3 is 2.78 bits per heavy atom. The number of carbonyl (C=O) groups is 1. The minimum absolute atomic E-state index is 0.00285. The van der Waals surface area contributed by atoms with Crippen LogP contribution in [-0.2, 0) is 10.2 Å². The summed E-state index contributed by atoms with van der Waals surface area (Å²) >= 11 is 5.99. The maximum atomic E-state index is 12.3. The Bertz CT molecular complexity index is 441. The summed E-state index contributed by atoms with van der Waals surface area (Å²) in [7, 11) is 0. The van der Waals surface area contributed by atoms with Crippen molar-refractivity contribution in [3.05, 3.63) is 34.9 Å². The SMILES string of the molecule is C[C@H](O)CNC(=O)C1(c2cccc(Cl)c2)CCC1. The second-order valence-corrected chi connectivity index (χ2v) is 5.44. The van der Waals surface area contributed by atoms with Crippen LogP contribution >= 0.6 is 11.6 Å². The van der Waals surface area contributed by atoms with Crippen LogP contribution in [0.3, 0.4) is 0 Å². The molecule has 1 atom stereocenters. The zero-order valence-electron chi connectivity index (χ0n) is 10.4. The lowest BCUT2D eigenvalue weighted by Crippen LogP contribution is -2.50. The minimum Gasteiger partial charge on any atom is -0.392 e. The van der Waals surface area contributed by atoms with Gasteiger partial charge in [0.05, 0.1) is 11.5 Å². The first-order valence-electron chi connectivity index (χ1n) is 6.27. The van der Waals surface area contributed by atoms with Crippen LogP contribution in [-0.4, -0.2) is 23.7 Å². The molecule has 3 nitrogen and oxygen atoms in total. The van der Waals surface area contributed by atoms with Crippen LogP contribution in [0.4, 0.5) is 0 Å². The van der Waals surface area contributed by atoms with Crippen molar-refractivity contribution in [3.8, 4) is 0 Å². The fourth-order valence-electron chi connectivity index (χ4n) is 2.37. The molecule has 0 heterocycles. The molecule has 2 N–H and O–H groups in total. The van der Waals surface area contributed by atoms with Gasteiger partial charge in [0.1, 0.15) is 0 Å². The summed E-state index contributed by atoms with van der Waals surface area (Å²) in [5.74, 6) is -0.00285. The topological polar surface area (TPSA) is 49.3 Å². The van der Waals surface area contributed by atoms with E-state index in [0.717, 1.165) is 24.8 Å². The van der Waals surface area contributed by atoms with E-state index in [1.54, 1.807) is 6.92 Å². The lowest BCUT2D eigenvalue weighted by molar-refractivity contribution is -0.130. The van der Waals surface area contributed by atoms with Crippen molar-refractivity contribution in [3.63, 3.8) is 0 Å². The van der Waals surface area contributed by atoms with E-state index < -0.39 is 11.5 Å². The number of aliphatic hydroxyl groups is 1. The number of amides is 1. The first kappa shape index (κ1) is 13.4. The minimum atomic E-state index is -0.523. The Labute approximate surface area is 112 Å². The summed E-state index contributed by atoms with van der Waals surface area (Å²) < 4.78 is 0. The number of hydrogen-bond acceptors (Lipinski definition) is 2. The van der Waals surface area contributed by atoms with Gasteiger partial charge in [0, 0.05) is 11.6 Å². The monoisotopic (exact) mass is 267 g/mol. The molecule has 18 heavy (non-hydrogen) atoms. The van der Waals surface area contributed by atoms with Crippen LogP contribution in [0.15, 0.2) is 24.3 Å². The van der Waals surface area contributed by atoms with Gasteiger partial charge in [0.25, 0.3) is 0 Å². The molecule has 0 aromatic heterocycles. The second kappa shape index (κ2) is 5.29. The fourth-order valence-corrected chi connectivity index (χ4v) is 2.56. The van der Waals surface area contributed by atoms with Crippen LogP contribution in [0.2, 0.25) is 5.02 Å². The van der Waals surface area contributed by atoms with Crippen molar-refractivity contribution in [1.82, 2.24) is 5.32 Å². The molecule has 1 aliphatic carbocycles. The maximum absolute atomic E-state index is 12.3. The summed E-state index contributed by atoms with van der Waals surface area (Å²) in [6, 6.07) is 7.50. The molecule has 0 radical (unpaired) electrons. The van der Waals surface area contributed by atoms with E-state index in [9.17, 15) is 9.90 Å². The van der Waals surface area contributed by atoms with Crippen molar-refractivity contribution in [2.24, 2.45) is 0 Å². The smallest absolute Gasteiger partial charge is 0.230 e. The van der Waals surface area contributed by atoms with Gasteiger partial charge in [-0.3, -0.25) is 4.79 Å². The third-order valence-electron chi connectivity index (χ3n) is 3.58. The quantitative estimate of drug-likeness (QED) is 0.879. The zero-order chi connectivity index (χ0) is 13.2. The largest absolute Gasteiger partial charge is 0.392 e. The second-order valence-electron chi connectivity index (χ2n) is 5.01. The maximum Gasteiger partial charge on any atom is 0.230 e. The highest BCUT2D eigenvalue weighted by molar-refractivity contribution is 6.30. The standard InChI is InChI=1S/C14H18ClNO2/c1-10(17)9-16-13(18)14(6-3-7-14)11-4-2-5-12(15)8-11/h2,4-5,8,10,17H,3,6-7,9H2,1H3,(H,16,18)/t10-/m0/s1. The lowest BCUT2D eigenvalue weighted by Gasteiger charge is -2.41. The van der Waals surface area contributed by atoms with Crippen LogP contribution < -0.4 is 5.32 Å². The first-order valence-corrected chi connectivity index (χ1v) is 6.65. The van der Waals surface area contributed by atoms with Crippen LogP contribution in [0.25, 0.3) is 0 Å². The van der Waals surface area contributed by atoms with E-state index in [4.69, 9.17) is 11.6 Å². The van der Waals surface area contributed by atoms with Crippen LogP contribution in [0.5, 0.6) is 0 Å². The molecule has 1 aromatic carbocycles. The van der Waals surface area contributed by atoms with E-state index in [1.165, 1.54) is 0 Å². The number of hydrogen-bond donors (Lipinski definition) is 2. The van der Waals surface area contributed by atoms with E-state index in [-0.39, 0.29) is 5.91 Å². The molecular weight excluding hydrogens is 250 g/mol. The Morgan fingerprint density at radius 1 is 1.56 bits per heavy atom. The molecule has 1 amide bonds. The number of aliphatic hydroxyl groups excluding tert-OH is 1. The molecule has 2 rings (SSSR count). The summed E-state index contributed by atoms with van der Waals surface area (Å²) in [5, 5.41) is 12.7. The normalized spacial score (nSPS) is 18.8. The zero-order valence-corrected chi connectivity index (χ0v) is 11.2. The van der Waals surface area contributed by atoms with Gasteiger partial charge in [-0.15, -0.1) is 0 Å². The Kier molecular flexibility index (Phi) is 3.93. The summed E-state index contributed by atoms with van der Waals surface area (Å²) in [6.07, 6.45) is 2.22. The molecule has 0 spiro atoms. The highest BCUT2D eigenvalue weighted by atomic mass is 35.5. The molecule has 0 saturated heterocycles. The average Bonchev–Trinajstić information content (AvgIpc) is 2.25. The molecule has 0 bridgehead atoms. The van der Waals surface area contributed by atoms with E-state index in [1.807, 2.05) is 24.3 Å². The molecule has 1 fully saturated rings. The molecule has 1 saturated carbocycles. The van der Waals surface area contributed by atoms with Gasteiger partial charge in [-0.1, -0.05) is 30.2 Å². The number of halogens is 1. The van der Waals surface area contributed by atoms with Crippen molar-refractivity contribution in [2.75, 3.05) is 6.54 Å². The third kappa shape index (κ3) is 2.52. The van der Waals surface area contributed by atoms with Gasteiger partial charge < -0.3 is 10.4 Å². The summed E-state index contributed by atoms with van der Waals surface area (Å²) in [4.78, 5) is 12.3. The molecule has 1 aliphatic rings. The van der Waals surface area contributed by atoms with Crippen molar-refractivity contribution < 1.29 is 9.90 Å². The van der Waals surface area contributed by atoms with Crippen LogP contribution in [0.1, 0.15) is 31.7 Å². The van der Waals surface area contributed by atoms with Gasteiger partial charge in [0.2, 0.25) is 5.91 Å². The highest BCUT2D eigenvalue weighted by Crippen LogP contribution is 2.44. The van der Waals surface area contributed by atoms with Crippen molar-refractivity contribution in [1.29, 1.82) is 0 Å². The third-order valence-corrected chi connectivity index (χ3v) is 3.81. The first-order chi connectivity index (χ1) is 8.54. The van der Waals surface area contributed by atoms with E-state index in [2.05, 4.69) is 5.32 Å². The average molecular weight is 268 g/mol. The van der Waals surface area contributed by atoms with E-state index in [0.29, 0.717) is 11.6 Å². The Morgan fingerprint density at radius 2 is 2.28 bits per heavy atom. The number of benzene rings is 1. The number of rotatable bonds is 4. The Hall–Kier alpha value is -1.06. The predicted molar refractivity (Wildman–Crippen MR) is 71.7 cm³/mol. The van der Waals surface area contributed by atoms with Gasteiger partial charge in [0.15, 0.2) is 0 Å². The fraction of sp³-hybridized carbons (Fsp3) is 0.500. The number of carbonyl (C=O) groups excluding carboxylic acids is 1. The van der Waals surface area contributed by atoms with Gasteiger partial charge in [-0.05, 0) is 37.5 Å². The van der Waals surface area contributed by atoms with Crippen molar-refractivity contribution in [2.45, 2.75) is 37.7 Å². The molecular formula is C14H18ClNO2. The lowest BCUT2D eigenvalue weighted by atomic mass is 9.64. The summed E-state index contributed by atoms with van der Waals surface area (Å²) in [5.41, 5.74) is 0.532. The van der Waals surface area contributed by atoms with Crippen LogP contribution in [0, 0.1) is 0 Å². The Balaban J connectivity index is 2.18. The number of nitrogens with one attached hydrogen (secondary N) is 1. The summed E-state index contributed by atoms with van der Waals surface area (Å²) in [6.45, 7) is 1.95. The highest BCUT2D eigenvalue weighted by Gasteiger charge is 2.45. The molecule has 4 heteroatoms. The molecule has 0 unspecified atom stereocenters. The molecule has 0 aliphatic heterocycles.